The van der Waals surface area contributed by atoms with E-state index in [1.165, 1.54) is 32.1 Å². The van der Waals surface area contributed by atoms with E-state index < -0.39 is 0 Å². The van der Waals surface area contributed by atoms with E-state index in [4.69, 9.17) is 0 Å². The summed E-state index contributed by atoms with van der Waals surface area (Å²) in [5.41, 5.74) is 0.127. The Morgan fingerprint density at radius 1 is 1.17 bits per heavy atom. The second-order valence-corrected chi connectivity index (χ2v) is 5.26. The van der Waals surface area contributed by atoms with Crippen molar-refractivity contribution in [1.82, 2.24) is 14.5 Å². The molecule has 0 aliphatic heterocycles. The highest BCUT2D eigenvalue weighted by Gasteiger charge is 2.12. The predicted octanol–water partition coefficient (Wildman–Crippen LogP) is 1.98. The lowest BCUT2D eigenvalue weighted by atomic mass is 9.95. The normalized spacial score (nSPS) is 17.2. The number of hydrogen-bond donors (Lipinski definition) is 1. The van der Waals surface area contributed by atoms with Crippen LogP contribution in [0.25, 0.3) is 0 Å². The van der Waals surface area contributed by atoms with Gasteiger partial charge in [0.05, 0.1) is 0 Å². The topological polar surface area (TPSA) is 39.0 Å². The molecule has 0 atom stereocenters. The molecule has 1 saturated carbocycles. The fourth-order valence-corrected chi connectivity index (χ4v) is 2.73. The van der Waals surface area contributed by atoms with Crippen LogP contribution in [-0.2, 0) is 13.1 Å². The highest BCUT2D eigenvalue weighted by molar-refractivity contribution is 4.82. The smallest absolute Gasteiger partial charge is 0.312 e. The highest BCUT2D eigenvalue weighted by atomic mass is 16.1. The van der Waals surface area contributed by atoms with Crippen molar-refractivity contribution in [2.24, 2.45) is 0 Å². The van der Waals surface area contributed by atoms with Crippen molar-refractivity contribution in [2.75, 3.05) is 6.54 Å². The minimum Gasteiger partial charge on any atom is -0.312 e. The van der Waals surface area contributed by atoms with Crippen molar-refractivity contribution >= 4 is 0 Å². The summed E-state index contributed by atoms with van der Waals surface area (Å²) in [5.74, 6) is 0. The van der Waals surface area contributed by atoms with E-state index in [9.17, 15) is 4.79 Å². The Morgan fingerprint density at radius 2 is 1.83 bits per heavy atom. The Balaban J connectivity index is 1.77. The molecule has 1 aromatic heterocycles. The minimum atomic E-state index is 0.127. The molecule has 1 heterocycles. The number of rotatable bonds is 6. The van der Waals surface area contributed by atoms with Crippen molar-refractivity contribution in [2.45, 2.75) is 64.6 Å². The first kappa shape index (κ1) is 13.4. The van der Waals surface area contributed by atoms with Gasteiger partial charge in [-0.3, -0.25) is 9.13 Å². The van der Waals surface area contributed by atoms with Crippen LogP contribution in [0.3, 0.4) is 0 Å². The molecule has 0 spiro atoms. The monoisotopic (exact) mass is 251 g/mol. The van der Waals surface area contributed by atoms with Crippen LogP contribution < -0.4 is 11.0 Å². The lowest BCUT2D eigenvalue weighted by Crippen LogP contribution is -2.35. The summed E-state index contributed by atoms with van der Waals surface area (Å²) in [4.78, 5) is 11.9. The lowest BCUT2D eigenvalue weighted by Gasteiger charge is -2.22. The molecule has 0 amide bonds. The summed E-state index contributed by atoms with van der Waals surface area (Å²) in [7, 11) is 0. The summed E-state index contributed by atoms with van der Waals surface area (Å²) in [5, 5.41) is 3.57. The van der Waals surface area contributed by atoms with Crippen molar-refractivity contribution in [3.63, 3.8) is 0 Å². The minimum absolute atomic E-state index is 0.127. The van der Waals surface area contributed by atoms with Crippen LogP contribution in [-0.4, -0.2) is 21.7 Å². The quantitative estimate of drug-likeness (QED) is 0.839. The second-order valence-electron chi connectivity index (χ2n) is 5.26. The summed E-state index contributed by atoms with van der Waals surface area (Å²) < 4.78 is 3.60. The van der Waals surface area contributed by atoms with Gasteiger partial charge in [0.25, 0.3) is 0 Å². The SMILES string of the molecule is CCCn1ccn(CCNC2CCCCC2)c1=O. The molecule has 4 heteroatoms. The lowest BCUT2D eigenvalue weighted by molar-refractivity contribution is 0.367. The average molecular weight is 251 g/mol. The zero-order valence-electron chi connectivity index (χ0n) is 11.4. The fraction of sp³-hybridized carbons (Fsp3) is 0.786. The van der Waals surface area contributed by atoms with Gasteiger partial charge >= 0.3 is 5.69 Å². The molecule has 18 heavy (non-hydrogen) atoms. The molecule has 1 N–H and O–H groups in total. The predicted molar refractivity (Wildman–Crippen MR) is 73.9 cm³/mol. The summed E-state index contributed by atoms with van der Waals surface area (Å²) in [6.45, 7) is 4.60. The molecule has 102 valence electrons. The van der Waals surface area contributed by atoms with Crippen LogP contribution in [0.15, 0.2) is 17.2 Å². The number of imidazole rings is 1. The van der Waals surface area contributed by atoms with E-state index >= 15 is 0 Å². The van der Waals surface area contributed by atoms with Crippen LogP contribution in [0, 0.1) is 0 Å². The molecule has 1 aliphatic rings. The third-order valence-electron chi connectivity index (χ3n) is 3.77. The van der Waals surface area contributed by atoms with E-state index in [1.54, 1.807) is 4.57 Å². The van der Waals surface area contributed by atoms with Crippen molar-refractivity contribution in [1.29, 1.82) is 0 Å². The number of nitrogens with zero attached hydrogens (tertiary/aromatic N) is 2. The molecular formula is C14H25N3O. The van der Waals surface area contributed by atoms with Gasteiger partial charge in [0.2, 0.25) is 0 Å². The van der Waals surface area contributed by atoms with Crippen molar-refractivity contribution in [3.8, 4) is 0 Å². The van der Waals surface area contributed by atoms with Crippen LogP contribution in [0.5, 0.6) is 0 Å². The van der Waals surface area contributed by atoms with Crippen molar-refractivity contribution < 1.29 is 0 Å². The standard InChI is InChI=1S/C14H25N3O/c1-2-9-16-11-12-17(14(16)18)10-8-15-13-6-4-3-5-7-13/h11-13,15H,2-10H2,1H3. The Kier molecular flexibility index (Phi) is 5.05. The first-order valence-corrected chi connectivity index (χ1v) is 7.30. The molecule has 4 nitrogen and oxygen atoms in total. The molecule has 1 fully saturated rings. The largest absolute Gasteiger partial charge is 0.328 e. The third-order valence-corrected chi connectivity index (χ3v) is 3.77. The molecule has 0 unspecified atom stereocenters. The van der Waals surface area contributed by atoms with E-state index in [2.05, 4.69) is 12.2 Å². The van der Waals surface area contributed by atoms with Crippen LogP contribution in [0.2, 0.25) is 0 Å². The van der Waals surface area contributed by atoms with E-state index in [-0.39, 0.29) is 5.69 Å². The summed E-state index contributed by atoms with van der Waals surface area (Å²) in [6.07, 6.45) is 11.5. The maximum Gasteiger partial charge on any atom is 0.328 e. The Labute approximate surface area is 109 Å². The van der Waals surface area contributed by atoms with Gasteiger partial charge in [0.1, 0.15) is 0 Å². The van der Waals surface area contributed by atoms with Gasteiger partial charge in [-0.25, -0.2) is 4.79 Å². The number of aryl methyl sites for hydroxylation is 1. The molecular weight excluding hydrogens is 226 g/mol. The van der Waals surface area contributed by atoms with Gasteiger partial charge in [-0.15, -0.1) is 0 Å². The van der Waals surface area contributed by atoms with Gasteiger partial charge < -0.3 is 5.32 Å². The first-order valence-electron chi connectivity index (χ1n) is 7.30. The highest BCUT2D eigenvalue weighted by Crippen LogP contribution is 2.16. The van der Waals surface area contributed by atoms with Gasteiger partial charge in [0, 0.05) is 38.1 Å². The molecule has 1 aromatic rings. The van der Waals surface area contributed by atoms with Gasteiger partial charge in [-0.05, 0) is 19.3 Å². The number of aromatic nitrogens is 2. The zero-order valence-corrected chi connectivity index (χ0v) is 11.4. The van der Waals surface area contributed by atoms with Gasteiger partial charge in [-0.1, -0.05) is 26.2 Å². The van der Waals surface area contributed by atoms with Crippen LogP contribution >= 0.6 is 0 Å². The summed E-state index contributed by atoms with van der Waals surface area (Å²) in [6, 6.07) is 0.673. The molecule has 0 aromatic carbocycles. The summed E-state index contributed by atoms with van der Waals surface area (Å²) >= 11 is 0. The van der Waals surface area contributed by atoms with Crippen LogP contribution in [0.1, 0.15) is 45.4 Å². The number of nitrogens with one attached hydrogen (secondary N) is 1. The zero-order chi connectivity index (χ0) is 12.8. The maximum absolute atomic E-state index is 11.9. The van der Waals surface area contributed by atoms with E-state index in [1.807, 2.05) is 17.0 Å². The van der Waals surface area contributed by atoms with E-state index in [0.717, 1.165) is 26.1 Å². The van der Waals surface area contributed by atoms with Crippen LogP contribution in [0.4, 0.5) is 0 Å². The molecule has 0 bridgehead atoms. The average Bonchev–Trinajstić information content (AvgIpc) is 2.73. The number of hydrogen-bond acceptors (Lipinski definition) is 2. The first-order chi connectivity index (χ1) is 8.81. The third kappa shape index (κ3) is 3.48. The van der Waals surface area contributed by atoms with Gasteiger partial charge in [-0.2, -0.15) is 0 Å². The van der Waals surface area contributed by atoms with Gasteiger partial charge in [0.15, 0.2) is 0 Å². The molecule has 0 radical (unpaired) electrons. The van der Waals surface area contributed by atoms with Crippen molar-refractivity contribution in [3.05, 3.63) is 22.9 Å². The Hall–Kier alpha value is -1.03. The molecule has 1 aliphatic carbocycles. The maximum atomic E-state index is 11.9. The Morgan fingerprint density at radius 3 is 2.50 bits per heavy atom. The second kappa shape index (κ2) is 6.78. The van der Waals surface area contributed by atoms with E-state index in [0.29, 0.717) is 6.04 Å². The molecule has 0 saturated heterocycles. The molecule has 2 rings (SSSR count). The Bertz CT molecular complexity index is 401. The fourth-order valence-electron chi connectivity index (χ4n) is 2.73.